The van der Waals surface area contributed by atoms with Gasteiger partial charge in [0.25, 0.3) is 5.91 Å². The lowest BCUT2D eigenvalue weighted by molar-refractivity contribution is -0.336. The summed E-state index contributed by atoms with van der Waals surface area (Å²) >= 11 is 0. The van der Waals surface area contributed by atoms with Gasteiger partial charge in [-0.3, -0.25) is 9.59 Å². The summed E-state index contributed by atoms with van der Waals surface area (Å²) in [5.41, 5.74) is -3.71. The molecule has 0 spiro atoms. The Morgan fingerprint density at radius 2 is 1.33 bits per heavy atom. The summed E-state index contributed by atoms with van der Waals surface area (Å²) in [6.45, 7) is -0.718. The zero-order chi connectivity index (χ0) is 31.6. The van der Waals surface area contributed by atoms with Gasteiger partial charge in [0.15, 0.2) is 35.8 Å². The average molecular weight is 616 g/mol. The van der Waals surface area contributed by atoms with Crippen LogP contribution in [0.15, 0.2) is 0 Å². The zero-order valence-electron chi connectivity index (χ0n) is 21.7. The Morgan fingerprint density at radius 1 is 0.786 bits per heavy atom. The molecule has 0 saturated carbocycles. The van der Waals surface area contributed by atoms with Crippen molar-refractivity contribution in [3.63, 3.8) is 0 Å². The average Bonchev–Trinajstić information content (AvgIpc) is 2.94. The number of nitrogens with one attached hydrogen (secondary N) is 2. The molecule has 0 unspecified atom stereocenters. The van der Waals surface area contributed by atoms with Crippen molar-refractivity contribution in [1.82, 2.24) is 10.6 Å². The Morgan fingerprint density at radius 3 is 1.83 bits per heavy atom. The number of aromatic carboxylic acids is 1. The van der Waals surface area contributed by atoms with Gasteiger partial charge in [0.2, 0.25) is 5.91 Å². The van der Waals surface area contributed by atoms with Crippen LogP contribution in [0.2, 0.25) is 0 Å². The minimum atomic E-state index is -2.52. The van der Waals surface area contributed by atoms with Crippen LogP contribution in [-0.2, 0) is 23.7 Å². The maximum absolute atomic E-state index is 14.5. The molecule has 0 aliphatic carbocycles. The van der Waals surface area contributed by atoms with Gasteiger partial charge in [-0.1, -0.05) is 0 Å². The molecule has 0 radical (unpaired) electrons. The molecule has 42 heavy (non-hydrogen) atoms. The molecule has 1 aromatic carbocycles. The first-order chi connectivity index (χ1) is 19.7. The van der Waals surface area contributed by atoms with Crippen molar-refractivity contribution in [2.75, 3.05) is 20.3 Å². The predicted molar refractivity (Wildman–Crippen MR) is 123 cm³/mol. The van der Waals surface area contributed by atoms with Gasteiger partial charge in [0.1, 0.15) is 48.2 Å². The van der Waals surface area contributed by atoms with Gasteiger partial charge in [0, 0.05) is 14.0 Å². The number of aliphatic hydroxyl groups excluding tert-OH is 5. The molecular formula is C23H28F4N2O13. The van der Waals surface area contributed by atoms with Gasteiger partial charge < -0.3 is 60.2 Å². The van der Waals surface area contributed by atoms with E-state index in [1.54, 1.807) is 5.32 Å². The van der Waals surface area contributed by atoms with E-state index in [0.29, 0.717) is 0 Å². The number of ether oxygens (including phenoxy) is 4. The van der Waals surface area contributed by atoms with E-state index >= 15 is 0 Å². The Balaban J connectivity index is 1.94. The SMILES string of the molecule is CO[C@@H]1O[C@H](CO)[C@@H](O[C@@H]2O[C@H](CO)[C@H](O)[C@H](NC(=O)c3c(F)c(F)c(F)c(F)c3C(=O)O)[C@H]2O)[C@H](O)[C@H]1NC(C)=O. The molecule has 2 amide bonds. The van der Waals surface area contributed by atoms with Crippen molar-refractivity contribution in [3.8, 4) is 0 Å². The highest BCUT2D eigenvalue weighted by Gasteiger charge is 2.52. The van der Waals surface area contributed by atoms with Crippen molar-refractivity contribution in [2.45, 2.75) is 68.2 Å². The lowest BCUT2D eigenvalue weighted by Crippen LogP contribution is -2.69. The van der Waals surface area contributed by atoms with Crippen LogP contribution in [-0.4, -0.2) is 130 Å². The number of benzene rings is 1. The van der Waals surface area contributed by atoms with Gasteiger partial charge in [-0.05, 0) is 0 Å². The number of rotatable bonds is 9. The summed E-state index contributed by atoms with van der Waals surface area (Å²) in [6.07, 6.45) is -14.0. The van der Waals surface area contributed by atoms with Crippen LogP contribution >= 0.6 is 0 Å². The Kier molecular flexibility index (Phi) is 10.8. The van der Waals surface area contributed by atoms with Crippen LogP contribution in [0.1, 0.15) is 27.6 Å². The van der Waals surface area contributed by atoms with Gasteiger partial charge in [-0.15, -0.1) is 0 Å². The number of carbonyl (C=O) groups is 3. The third-order valence-corrected chi connectivity index (χ3v) is 6.64. The maximum atomic E-state index is 14.5. The van der Waals surface area contributed by atoms with Gasteiger partial charge in [0.05, 0.1) is 24.8 Å². The highest BCUT2D eigenvalue weighted by Crippen LogP contribution is 2.30. The van der Waals surface area contributed by atoms with Crippen LogP contribution in [0.5, 0.6) is 0 Å². The fourth-order valence-corrected chi connectivity index (χ4v) is 4.62. The fraction of sp³-hybridized carbons (Fsp3) is 0.609. The number of hydrogen-bond acceptors (Lipinski definition) is 12. The minimum Gasteiger partial charge on any atom is -0.478 e. The lowest BCUT2D eigenvalue weighted by Gasteiger charge is -2.47. The molecule has 10 atom stereocenters. The molecule has 2 heterocycles. The number of carbonyl (C=O) groups excluding carboxylic acids is 2. The first-order valence-electron chi connectivity index (χ1n) is 12.1. The number of carboxylic acids is 1. The van der Waals surface area contributed by atoms with E-state index in [4.69, 9.17) is 18.9 Å². The van der Waals surface area contributed by atoms with Crippen molar-refractivity contribution >= 4 is 17.8 Å². The third kappa shape index (κ3) is 6.33. The van der Waals surface area contributed by atoms with E-state index in [0.717, 1.165) is 6.92 Å². The Bertz CT molecular complexity index is 1190. The molecule has 19 heteroatoms. The summed E-state index contributed by atoms with van der Waals surface area (Å²) in [5.74, 6) is -14.7. The molecule has 236 valence electrons. The van der Waals surface area contributed by atoms with Crippen molar-refractivity contribution < 1.29 is 81.5 Å². The lowest BCUT2D eigenvalue weighted by atomic mass is 9.94. The van der Waals surface area contributed by atoms with Crippen LogP contribution < -0.4 is 10.6 Å². The van der Waals surface area contributed by atoms with E-state index in [1.807, 2.05) is 0 Å². The first kappa shape index (κ1) is 33.5. The minimum absolute atomic E-state index is 0.632. The molecule has 0 bridgehead atoms. The quantitative estimate of drug-likeness (QED) is 0.0791. The maximum Gasteiger partial charge on any atom is 0.339 e. The molecule has 2 aliphatic heterocycles. The van der Waals surface area contributed by atoms with Crippen LogP contribution in [0.4, 0.5) is 17.6 Å². The van der Waals surface area contributed by atoms with E-state index in [9.17, 15) is 62.6 Å². The number of methoxy groups -OCH3 is 1. The monoisotopic (exact) mass is 616 g/mol. The van der Waals surface area contributed by atoms with E-state index in [-0.39, 0.29) is 0 Å². The second-order valence-electron chi connectivity index (χ2n) is 9.30. The molecule has 2 aliphatic rings. The molecule has 8 N–H and O–H groups in total. The molecule has 2 fully saturated rings. The Labute approximate surface area is 233 Å². The summed E-state index contributed by atoms with van der Waals surface area (Å²) in [6, 6.07) is -3.34. The molecular weight excluding hydrogens is 588 g/mol. The van der Waals surface area contributed by atoms with Gasteiger partial charge in [-0.25, -0.2) is 22.4 Å². The first-order valence-corrected chi connectivity index (χ1v) is 12.1. The highest BCUT2D eigenvalue weighted by molar-refractivity contribution is 6.05. The smallest absolute Gasteiger partial charge is 0.339 e. The topological polar surface area (TPSA) is 234 Å². The number of halogens is 4. The number of amides is 2. The largest absolute Gasteiger partial charge is 0.478 e. The van der Waals surface area contributed by atoms with Crippen molar-refractivity contribution in [3.05, 3.63) is 34.4 Å². The van der Waals surface area contributed by atoms with Crippen LogP contribution in [0.3, 0.4) is 0 Å². The van der Waals surface area contributed by atoms with E-state index in [1.165, 1.54) is 7.11 Å². The second-order valence-corrected chi connectivity index (χ2v) is 9.30. The summed E-state index contributed by atoms with van der Waals surface area (Å²) in [5, 5.41) is 65.1. The second kappa shape index (κ2) is 13.5. The van der Waals surface area contributed by atoms with Crippen molar-refractivity contribution in [2.24, 2.45) is 0 Å². The van der Waals surface area contributed by atoms with Gasteiger partial charge >= 0.3 is 5.97 Å². The number of hydrogen-bond donors (Lipinski definition) is 8. The standard InChI is InChI=1S/C23H28F4N2O13/c1-5(32)28-15-17(34)19(7(4-31)41-22(15)39-2)42-23-18(35)14(16(33)6(3-30)40-23)29-20(36)8-9(21(37)38)11(25)13(27)12(26)10(8)24/h6-7,14-19,22-23,30-31,33-35H,3-4H2,1-2H3,(H,28,32)(H,29,36)(H,37,38)/t6-,7-,14+,15-,16+,17-,18-,19-,22-,23+/m1/s1. The zero-order valence-corrected chi connectivity index (χ0v) is 21.7. The Hall–Kier alpha value is -3.01. The van der Waals surface area contributed by atoms with E-state index in [2.05, 4.69) is 5.32 Å². The number of carboxylic acid groups (broad SMARTS) is 1. The molecule has 2 saturated heterocycles. The molecule has 1 aromatic rings. The normalized spacial score (nSPS) is 33.2. The number of aliphatic hydroxyl groups is 5. The predicted octanol–water partition coefficient (Wildman–Crippen LogP) is -2.91. The van der Waals surface area contributed by atoms with Crippen LogP contribution in [0.25, 0.3) is 0 Å². The molecule has 0 aromatic heterocycles. The van der Waals surface area contributed by atoms with Crippen LogP contribution in [0, 0.1) is 23.3 Å². The fourth-order valence-electron chi connectivity index (χ4n) is 4.62. The molecule has 3 rings (SSSR count). The van der Waals surface area contributed by atoms with Gasteiger partial charge in [-0.2, -0.15) is 0 Å². The third-order valence-electron chi connectivity index (χ3n) is 6.64. The summed E-state index contributed by atoms with van der Waals surface area (Å²) in [4.78, 5) is 35.9. The summed E-state index contributed by atoms with van der Waals surface area (Å²) < 4.78 is 77.6. The van der Waals surface area contributed by atoms with Crippen molar-refractivity contribution in [1.29, 1.82) is 0 Å². The van der Waals surface area contributed by atoms with E-state index < -0.39 is 127 Å². The summed E-state index contributed by atoms with van der Waals surface area (Å²) in [7, 11) is 1.17. The highest BCUT2D eigenvalue weighted by atomic mass is 19.2. The molecule has 15 nitrogen and oxygen atoms in total.